The SMILES string of the molecule is N#CC(c1cnc(C(F)(F)F)nc1)N1CCCCC1. The molecule has 0 amide bonds. The maximum Gasteiger partial charge on any atom is 0.451 e. The number of hydrogen-bond acceptors (Lipinski definition) is 4. The molecular weight excluding hydrogens is 257 g/mol. The summed E-state index contributed by atoms with van der Waals surface area (Å²) in [6, 6.07) is 1.54. The molecule has 0 bridgehead atoms. The van der Waals surface area contributed by atoms with Crippen molar-refractivity contribution in [2.75, 3.05) is 13.1 Å². The zero-order chi connectivity index (χ0) is 13.9. The average molecular weight is 270 g/mol. The van der Waals surface area contributed by atoms with Gasteiger partial charge in [-0.1, -0.05) is 6.42 Å². The third-order valence-electron chi connectivity index (χ3n) is 3.12. The van der Waals surface area contributed by atoms with Crippen LogP contribution in [-0.2, 0) is 6.18 Å². The highest BCUT2D eigenvalue weighted by Crippen LogP contribution is 2.27. The second-order valence-electron chi connectivity index (χ2n) is 4.47. The minimum Gasteiger partial charge on any atom is -0.284 e. The van der Waals surface area contributed by atoms with Crippen molar-refractivity contribution in [2.24, 2.45) is 0 Å². The normalized spacial score (nSPS) is 18.8. The van der Waals surface area contributed by atoms with E-state index in [1.54, 1.807) is 0 Å². The van der Waals surface area contributed by atoms with Crippen LogP contribution in [0.1, 0.15) is 36.7 Å². The molecule has 0 radical (unpaired) electrons. The van der Waals surface area contributed by atoms with Crippen molar-refractivity contribution in [3.8, 4) is 6.07 Å². The molecule has 2 rings (SSSR count). The fourth-order valence-electron chi connectivity index (χ4n) is 2.17. The molecule has 1 fully saturated rings. The smallest absolute Gasteiger partial charge is 0.284 e. The molecule has 7 heteroatoms. The van der Waals surface area contributed by atoms with Gasteiger partial charge in [-0.25, -0.2) is 9.97 Å². The Bertz CT molecular complexity index is 457. The lowest BCUT2D eigenvalue weighted by atomic mass is 10.1. The van der Waals surface area contributed by atoms with Gasteiger partial charge in [-0.2, -0.15) is 18.4 Å². The Morgan fingerprint density at radius 3 is 2.21 bits per heavy atom. The number of nitriles is 1. The summed E-state index contributed by atoms with van der Waals surface area (Å²) < 4.78 is 37.1. The minimum absolute atomic E-state index is 0.414. The van der Waals surface area contributed by atoms with Gasteiger partial charge in [0.25, 0.3) is 0 Å². The van der Waals surface area contributed by atoms with Gasteiger partial charge in [0.1, 0.15) is 6.04 Å². The molecule has 0 aromatic carbocycles. The van der Waals surface area contributed by atoms with E-state index in [4.69, 9.17) is 0 Å². The Kier molecular flexibility index (Phi) is 4.00. The quantitative estimate of drug-likeness (QED) is 0.828. The molecule has 1 saturated heterocycles. The number of rotatable bonds is 2. The summed E-state index contributed by atoms with van der Waals surface area (Å²) in [5, 5.41) is 9.19. The summed E-state index contributed by atoms with van der Waals surface area (Å²) >= 11 is 0. The molecule has 102 valence electrons. The number of aromatic nitrogens is 2. The molecular formula is C12H13F3N4. The van der Waals surface area contributed by atoms with Crippen LogP contribution in [0.15, 0.2) is 12.4 Å². The number of likely N-dealkylation sites (tertiary alicyclic amines) is 1. The van der Waals surface area contributed by atoms with Crippen LogP contribution < -0.4 is 0 Å². The van der Waals surface area contributed by atoms with Gasteiger partial charge in [0.15, 0.2) is 0 Å². The lowest BCUT2D eigenvalue weighted by Gasteiger charge is -2.30. The van der Waals surface area contributed by atoms with E-state index >= 15 is 0 Å². The topological polar surface area (TPSA) is 52.8 Å². The average Bonchev–Trinajstić information content (AvgIpc) is 2.40. The Hall–Kier alpha value is -1.68. The summed E-state index contributed by atoms with van der Waals surface area (Å²) in [7, 11) is 0. The van der Waals surface area contributed by atoms with Gasteiger partial charge in [0.05, 0.1) is 6.07 Å². The summed E-state index contributed by atoms with van der Waals surface area (Å²) in [6.07, 6.45) is 0.764. The Morgan fingerprint density at radius 1 is 1.16 bits per heavy atom. The number of piperidine rings is 1. The fraction of sp³-hybridized carbons (Fsp3) is 0.583. The first-order chi connectivity index (χ1) is 9.02. The van der Waals surface area contributed by atoms with Crippen molar-refractivity contribution < 1.29 is 13.2 Å². The fourth-order valence-corrected chi connectivity index (χ4v) is 2.17. The molecule has 0 N–H and O–H groups in total. The number of halogens is 3. The minimum atomic E-state index is -4.55. The molecule has 0 spiro atoms. The summed E-state index contributed by atoms with van der Waals surface area (Å²) in [5.41, 5.74) is 0.414. The van der Waals surface area contributed by atoms with Crippen molar-refractivity contribution in [1.82, 2.24) is 14.9 Å². The highest BCUT2D eigenvalue weighted by Gasteiger charge is 2.34. The van der Waals surface area contributed by atoms with E-state index in [2.05, 4.69) is 16.0 Å². The van der Waals surface area contributed by atoms with Crippen molar-refractivity contribution >= 4 is 0 Å². The highest BCUT2D eigenvalue weighted by molar-refractivity contribution is 5.19. The van der Waals surface area contributed by atoms with Crippen molar-refractivity contribution in [2.45, 2.75) is 31.5 Å². The monoisotopic (exact) mass is 270 g/mol. The van der Waals surface area contributed by atoms with Crippen LogP contribution in [0.4, 0.5) is 13.2 Å². The molecule has 1 aromatic rings. The van der Waals surface area contributed by atoms with E-state index in [1.165, 1.54) is 0 Å². The molecule has 2 heterocycles. The third-order valence-corrected chi connectivity index (χ3v) is 3.12. The van der Waals surface area contributed by atoms with Crippen LogP contribution in [0, 0.1) is 11.3 Å². The van der Waals surface area contributed by atoms with Gasteiger partial charge in [-0.15, -0.1) is 0 Å². The maximum atomic E-state index is 12.4. The van der Waals surface area contributed by atoms with E-state index in [-0.39, 0.29) is 0 Å². The third kappa shape index (κ3) is 3.20. The van der Waals surface area contributed by atoms with Crippen LogP contribution >= 0.6 is 0 Å². The molecule has 0 saturated carbocycles. The van der Waals surface area contributed by atoms with Gasteiger partial charge >= 0.3 is 6.18 Å². The van der Waals surface area contributed by atoms with E-state index in [9.17, 15) is 18.4 Å². The molecule has 19 heavy (non-hydrogen) atoms. The van der Waals surface area contributed by atoms with E-state index in [0.29, 0.717) is 5.56 Å². The standard InChI is InChI=1S/C12H13F3N4/c13-12(14,15)11-17-7-9(8-18-11)10(6-16)19-4-2-1-3-5-19/h7-8,10H,1-5H2. The van der Waals surface area contributed by atoms with Crippen LogP contribution in [0.5, 0.6) is 0 Å². The van der Waals surface area contributed by atoms with E-state index in [0.717, 1.165) is 44.7 Å². The van der Waals surface area contributed by atoms with Gasteiger partial charge in [0.2, 0.25) is 5.82 Å². The zero-order valence-electron chi connectivity index (χ0n) is 10.2. The van der Waals surface area contributed by atoms with Crippen LogP contribution in [0.2, 0.25) is 0 Å². The predicted molar refractivity (Wildman–Crippen MR) is 60.8 cm³/mol. The second-order valence-corrected chi connectivity index (χ2v) is 4.47. The molecule has 1 aromatic heterocycles. The highest BCUT2D eigenvalue weighted by atomic mass is 19.4. The maximum absolute atomic E-state index is 12.4. The Labute approximate surface area is 108 Å². The van der Waals surface area contributed by atoms with Crippen molar-refractivity contribution in [3.63, 3.8) is 0 Å². The zero-order valence-corrected chi connectivity index (χ0v) is 10.2. The van der Waals surface area contributed by atoms with Crippen LogP contribution in [-0.4, -0.2) is 28.0 Å². The van der Waals surface area contributed by atoms with Gasteiger partial charge in [-0.05, 0) is 25.9 Å². The van der Waals surface area contributed by atoms with E-state index < -0.39 is 18.0 Å². The number of alkyl halides is 3. The molecule has 0 aliphatic carbocycles. The lowest BCUT2D eigenvalue weighted by Crippen LogP contribution is -2.33. The summed E-state index contributed by atoms with van der Waals surface area (Å²) in [5.74, 6) is -1.17. The van der Waals surface area contributed by atoms with Gasteiger partial charge in [0, 0.05) is 18.0 Å². The predicted octanol–water partition coefficient (Wildman–Crippen LogP) is 2.55. The number of nitrogens with zero attached hydrogens (tertiary/aromatic N) is 4. The van der Waals surface area contributed by atoms with E-state index in [1.807, 2.05) is 4.90 Å². The lowest BCUT2D eigenvalue weighted by molar-refractivity contribution is -0.145. The molecule has 1 atom stereocenters. The second kappa shape index (κ2) is 5.53. The van der Waals surface area contributed by atoms with Crippen molar-refractivity contribution in [1.29, 1.82) is 5.26 Å². The largest absolute Gasteiger partial charge is 0.451 e. The number of hydrogen-bond donors (Lipinski definition) is 0. The summed E-state index contributed by atoms with van der Waals surface area (Å²) in [6.45, 7) is 1.55. The molecule has 1 aliphatic heterocycles. The first-order valence-electron chi connectivity index (χ1n) is 6.05. The first kappa shape index (κ1) is 13.7. The Balaban J connectivity index is 2.17. The van der Waals surface area contributed by atoms with Gasteiger partial charge < -0.3 is 0 Å². The molecule has 1 aliphatic rings. The molecule has 4 nitrogen and oxygen atoms in total. The van der Waals surface area contributed by atoms with Crippen LogP contribution in [0.25, 0.3) is 0 Å². The van der Waals surface area contributed by atoms with Gasteiger partial charge in [-0.3, -0.25) is 4.90 Å². The van der Waals surface area contributed by atoms with Crippen LogP contribution in [0.3, 0.4) is 0 Å². The Morgan fingerprint density at radius 2 is 1.74 bits per heavy atom. The first-order valence-corrected chi connectivity index (χ1v) is 6.05. The molecule has 1 unspecified atom stereocenters. The van der Waals surface area contributed by atoms with Crippen molar-refractivity contribution in [3.05, 3.63) is 23.8 Å². The summed E-state index contributed by atoms with van der Waals surface area (Å²) in [4.78, 5) is 8.55.